The van der Waals surface area contributed by atoms with Crippen LogP contribution in [-0.2, 0) is 6.42 Å². The van der Waals surface area contributed by atoms with Crippen LogP contribution in [0.4, 0.5) is 5.82 Å². The fourth-order valence-corrected chi connectivity index (χ4v) is 2.90. The van der Waals surface area contributed by atoms with Gasteiger partial charge in [0.25, 0.3) is 0 Å². The zero-order valence-corrected chi connectivity index (χ0v) is 11.6. The van der Waals surface area contributed by atoms with Gasteiger partial charge in [-0.2, -0.15) is 0 Å². The van der Waals surface area contributed by atoms with Crippen molar-refractivity contribution in [2.24, 2.45) is 5.73 Å². The molecule has 2 rings (SSSR count). The van der Waals surface area contributed by atoms with Gasteiger partial charge >= 0.3 is 0 Å². The number of nitrogens with two attached hydrogens (primary N) is 1. The number of aromatic nitrogens is 1. The van der Waals surface area contributed by atoms with E-state index < -0.39 is 0 Å². The molecule has 1 saturated carbocycles. The van der Waals surface area contributed by atoms with Gasteiger partial charge in [-0.25, -0.2) is 4.98 Å². The van der Waals surface area contributed by atoms with E-state index in [1.165, 1.54) is 31.2 Å². The lowest BCUT2D eigenvalue weighted by Crippen LogP contribution is -2.33. The van der Waals surface area contributed by atoms with E-state index >= 15 is 0 Å². The van der Waals surface area contributed by atoms with Crippen molar-refractivity contribution in [2.75, 3.05) is 11.4 Å². The van der Waals surface area contributed by atoms with Crippen LogP contribution in [0.1, 0.15) is 45.1 Å². The molecular weight excluding hydrogens is 222 g/mol. The summed E-state index contributed by atoms with van der Waals surface area (Å²) in [7, 11) is 0. The summed E-state index contributed by atoms with van der Waals surface area (Å²) in [5.74, 6) is 1.12. The molecule has 2 N–H and O–H groups in total. The smallest absolute Gasteiger partial charge is 0.128 e. The largest absolute Gasteiger partial charge is 0.354 e. The average molecular weight is 247 g/mol. The van der Waals surface area contributed by atoms with Crippen LogP contribution in [0, 0.1) is 0 Å². The lowest BCUT2D eigenvalue weighted by atomic mass is 10.1. The van der Waals surface area contributed by atoms with Crippen LogP contribution in [0.3, 0.4) is 0 Å². The molecule has 0 spiro atoms. The maximum absolute atomic E-state index is 5.81. The molecule has 0 aromatic carbocycles. The second kappa shape index (κ2) is 6.19. The van der Waals surface area contributed by atoms with Crippen LogP contribution < -0.4 is 10.6 Å². The molecule has 1 aromatic heterocycles. The highest BCUT2D eigenvalue weighted by Gasteiger charge is 2.22. The Morgan fingerprint density at radius 3 is 2.61 bits per heavy atom. The van der Waals surface area contributed by atoms with Gasteiger partial charge in [-0.3, -0.25) is 0 Å². The molecule has 18 heavy (non-hydrogen) atoms. The van der Waals surface area contributed by atoms with Crippen LogP contribution in [0.5, 0.6) is 0 Å². The van der Waals surface area contributed by atoms with E-state index in [2.05, 4.69) is 28.9 Å². The molecule has 100 valence electrons. The van der Waals surface area contributed by atoms with Gasteiger partial charge in [0.05, 0.1) is 0 Å². The fraction of sp³-hybridized carbons (Fsp3) is 0.667. The minimum atomic E-state index is 0.203. The monoisotopic (exact) mass is 247 g/mol. The lowest BCUT2D eigenvalue weighted by molar-refractivity contribution is 0.612. The third-order valence-corrected chi connectivity index (χ3v) is 3.77. The molecule has 0 amide bonds. The van der Waals surface area contributed by atoms with E-state index in [0.29, 0.717) is 6.04 Å². The number of anilines is 1. The van der Waals surface area contributed by atoms with E-state index in [4.69, 9.17) is 5.73 Å². The Kier molecular flexibility index (Phi) is 4.59. The highest BCUT2D eigenvalue weighted by atomic mass is 15.2. The van der Waals surface area contributed by atoms with Gasteiger partial charge in [0.15, 0.2) is 0 Å². The number of hydrogen-bond donors (Lipinski definition) is 1. The molecule has 0 saturated heterocycles. The van der Waals surface area contributed by atoms with Crippen molar-refractivity contribution >= 4 is 5.82 Å². The molecule has 0 aliphatic heterocycles. The van der Waals surface area contributed by atoms with Crippen molar-refractivity contribution in [3.05, 3.63) is 23.9 Å². The van der Waals surface area contributed by atoms with Gasteiger partial charge in [0.1, 0.15) is 5.82 Å². The first-order valence-corrected chi connectivity index (χ1v) is 7.18. The summed E-state index contributed by atoms with van der Waals surface area (Å²) in [5.41, 5.74) is 7.04. The highest BCUT2D eigenvalue weighted by Crippen LogP contribution is 2.26. The summed E-state index contributed by atoms with van der Waals surface area (Å²) >= 11 is 0. The number of rotatable bonds is 5. The zero-order valence-electron chi connectivity index (χ0n) is 11.6. The Morgan fingerprint density at radius 1 is 1.39 bits per heavy atom. The van der Waals surface area contributed by atoms with Gasteiger partial charge < -0.3 is 10.6 Å². The molecule has 3 heteroatoms. The maximum Gasteiger partial charge on any atom is 0.128 e. The average Bonchev–Trinajstić information content (AvgIpc) is 2.85. The standard InChI is InChI=1S/C15H25N3/c1-3-18(14-6-4-5-7-14)15-9-8-13(11-17-15)10-12(2)16/h8-9,11-12,14H,3-7,10,16H2,1-2H3. The minimum absolute atomic E-state index is 0.203. The molecular formula is C15H25N3. The van der Waals surface area contributed by atoms with Crippen LogP contribution in [-0.4, -0.2) is 23.6 Å². The topological polar surface area (TPSA) is 42.1 Å². The van der Waals surface area contributed by atoms with Gasteiger partial charge in [0, 0.05) is 24.8 Å². The Balaban J connectivity index is 2.06. The molecule has 0 radical (unpaired) electrons. The second-order valence-electron chi connectivity index (χ2n) is 5.43. The maximum atomic E-state index is 5.81. The summed E-state index contributed by atoms with van der Waals surface area (Å²) < 4.78 is 0. The Morgan fingerprint density at radius 2 is 2.11 bits per heavy atom. The van der Waals surface area contributed by atoms with Crippen molar-refractivity contribution in [2.45, 2.75) is 58.0 Å². The van der Waals surface area contributed by atoms with E-state index in [1.807, 2.05) is 13.1 Å². The van der Waals surface area contributed by atoms with Gasteiger partial charge in [-0.05, 0) is 44.7 Å². The molecule has 1 heterocycles. The van der Waals surface area contributed by atoms with Crippen LogP contribution in [0.2, 0.25) is 0 Å². The summed E-state index contributed by atoms with van der Waals surface area (Å²) in [5, 5.41) is 0. The molecule has 3 nitrogen and oxygen atoms in total. The zero-order chi connectivity index (χ0) is 13.0. The summed E-state index contributed by atoms with van der Waals surface area (Å²) in [6.07, 6.45) is 8.25. The van der Waals surface area contributed by atoms with E-state index in [9.17, 15) is 0 Å². The van der Waals surface area contributed by atoms with Crippen LogP contribution in [0.25, 0.3) is 0 Å². The van der Waals surface area contributed by atoms with Gasteiger partial charge in [-0.15, -0.1) is 0 Å². The predicted octanol–water partition coefficient (Wildman–Crippen LogP) is 2.74. The van der Waals surface area contributed by atoms with E-state index in [-0.39, 0.29) is 6.04 Å². The number of pyridine rings is 1. The predicted molar refractivity (Wildman–Crippen MR) is 76.9 cm³/mol. The summed E-state index contributed by atoms with van der Waals surface area (Å²) in [4.78, 5) is 7.06. The van der Waals surface area contributed by atoms with Gasteiger partial charge in [0.2, 0.25) is 0 Å². The molecule has 1 aliphatic rings. The minimum Gasteiger partial charge on any atom is -0.354 e. The molecule has 1 atom stereocenters. The molecule has 1 unspecified atom stereocenters. The quantitative estimate of drug-likeness (QED) is 0.870. The van der Waals surface area contributed by atoms with Crippen molar-refractivity contribution < 1.29 is 0 Å². The first-order valence-electron chi connectivity index (χ1n) is 7.18. The van der Waals surface area contributed by atoms with Gasteiger partial charge in [-0.1, -0.05) is 18.9 Å². The Bertz CT molecular complexity index is 353. The SMILES string of the molecule is CCN(c1ccc(CC(C)N)cn1)C1CCCC1. The third kappa shape index (κ3) is 3.22. The van der Waals surface area contributed by atoms with Crippen LogP contribution in [0.15, 0.2) is 18.3 Å². The van der Waals surface area contributed by atoms with E-state index in [1.54, 1.807) is 0 Å². The Hall–Kier alpha value is -1.09. The van der Waals surface area contributed by atoms with Crippen molar-refractivity contribution in [1.82, 2.24) is 4.98 Å². The number of nitrogens with zero attached hydrogens (tertiary/aromatic N) is 2. The van der Waals surface area contributed by atoms with Crippen molar-refractivity contribution in [3.63, 3.8) is 0 Å². The van der Waals surface area contributed by atoms with Crippen molar-refractivity contribution in [1.29, 1.82) is 0 Å². The third-order valence-electron chi connectivity index (χ3n) is 3.77. The molecule has 1 aliphatic carbocycles. The first-order chi connectivity index (χ1) is 8.70. The number of hydrogen-bond acceptors (Lipinski definition) is 3. The summed E-state index contributed by atoms with van der Waals surface area (Å²) in [6.45, 7) is 5.30. The highest BCUT2D eigenvalue weighted by molar-refractivity contribution is 5.40. The van der Waals surface area contributed by atoms with E-state index in [0.717, 1.165) is 18.8 Å². The first kappa shape index (κ1) is 13.3. The van der Waals surface area contributed by atoms with Crippen molar-refractivity contribution in [3.8, 4) is 0 Å². The lowest BCUT2D eigenvalue weighted by Gasteiger charge is -2.28. The second-order valence-corrected chi connectivity index (χ2v) is 5.43. The molecule has 1 aromatic rings. The molecule has 0 bridgehead atoms. The van der Waals surface area contributed by atoms with Crippen LogP contribution >= 0.6 is 0 Å². The summed E-state index contributed by atoms with van der Waals surface area (Å²) in [6, 6.07) is 5.22. The molecule has 1 fully saturated rings. The Labute approximate surface area is 110 Å². The normalized spacial score (nSPS) is 17.9. The fourth-order valence-electron chi connectivity index (χ4n) is 2.90.